The second-order valence-corrected chi connectivity index (χ2v) is 5.15. The minimum Gasteiger partial charge on any atom is -0.355 e. The molecule has 1 aliphatic rings. The number of carbonyl (C=O) groups excluding carboxylic acids is 1. The van der Waals surface area contributed by atoms with Gasteiger partial charge in [-0.2, -0.15) is 0 Å². The second kappa shape index (κ2) is 5.38. The first-order chi connectivity index (χ1) is 9.75. The molecule has 0 heterocycles. The van der Waals surface area contributed by atoms with Crippen LogP contribution in [0.5, 0.6) is 0 Å². The highest BCUT2D eigenvalue weighted by molar-refractivity contribution is 5.94. The zero-order valence-electron chi connectivity index (χ0n) is 11.6. The van der Waals surface area contributed by atoms with E-state index in [9.17, 15) is 4.79 Å². The van der Waals surface area contributed by atoms with E-state index in [-0.39, 0.29) is 5.91 Å². The highest BCUT2D eigenvalue weighted by Crippen LogP contribution is 2.32. The fourth-order valence-electron chi connectivity index (χ4n) is 2.81. The molecule has 0 fully saturated rings. The number of rotatable bonds is 2. The first-order valence-corrected chi connectivity index (χ1v) is 7.02. The number of nitrogens with one attached hydrogen (secondary N) is 1. The zero-order chi connectivity index (χ0) is 13.9. The van der Waals surface area contributed by atoms with Crippen molar-refractivity contribution in [2.45, 2.75) is 26.2 Å². The van der Waals surface area contributed by atoms with E-state index in [4.69, 9.17) is 0 Å². The Hall–Kier alpha value is -2.27. The summed E-state index contributed by atoms with van der Waals surface area (Å²) in [4.78, 5) is 10.8. The van der Waals surface area contributed by atoms with Crippen molar-refractivity contribution in [1.29, 1.82) is 0 Å². The summed E-state index contributed by atoms with van der Waals surface area (Å²) in [6, 6.07) is 10.8. The lowest BCUT2D eigenvalue weighted by molar-refractivity contribution is -0.118. The van der Waals surface area contributed by atoms with Gasteiger partial charge in [-0.3, -0.25) is 4.79 Å². The van der Waals surface area contributed by atoms with Crippen LogP contribution in [0.3, 0.4) is 0 Å². The molecule has 2 aromatic rings. The van der Waals surface area contributed by atoms with Gasteiger partial charge in [-0.05, 0) is 40.8 Å². The van der Waals surface area contributed by atoms with Crippen molar-refractivity contribution in [3.63, 3.8) is 0 Å². The van der Waals surface area contributed by atoms with Crippen LogP contribution in [0.15, 0.2) is 30.3 Å². The summed E-state index contributed by atoms with van der Waals surface area (Å²) in [5.41, 5.74) is 3.98. The molecule has 0 radical (unpaired) electrons. The molecule has 20 heavy (non-hydrogen) atoms. The largest absolute Gasteiger partial charge is 0.355 e. The molecule has 0 saturated heterocycles. The van der Waals surface area contributed by atoms with Gasteiger partial charge in [-0.15, -0.1) is 0 Å². The van der Waals surface area contributed by atoms with Crippen molar-refractivity contribution in [3.05, 3.63) is 47.0 Å². The average molecular weight is 263 g/mol. The summed E-state index contributed by atoms with van der Waals surface area (Å²) in [6.45, 7) is 2.14. The van der Waals surface area contributed by atoms with Crippen molar-refractivity contribution < 1.29 is 4.79 Å². The molecule has 0 bridgehead atoms. The minimum absolute atomic E-state index is 0.00265. The van der Waals surface area contributed by atoms with Crippen LogP contribution in [-0.4, -0.2) is 12.5 Å². The van der Waals surface area contributed by atoms with Gasteiger partial charge >= 0.3 is 0 Å². The van der Waals surface area contributed by atoms with Gasteiger partial charge in [0.1, 0.15) is 0 Å². The molecule has 0 atom stereocenters. The summed E-state index contributed by atoms with van der Waals surface area (Å²) in [7, 11) is 0. The monoisotopic (exact) mass is 263 g/mol. The lowest BCUT2D eigenvalue weighted by Gasteiger charge is -2.04. The van der Waals surface area contributed by atoms with Crippen LogP contribution in [0.4, 0.5) is 0 Å². The van der Waals surface area contributed by atoms with Gasteiger partial charge in [0.25, 0.3) is 0 Å². The molecule has 0 aliphatic heterocycles. The number of aryl methyl sites for hydroxylation is 2. The first-order valence-electron chi connectivity index (χ1n) is 7.02. The van der Waals surface area contributed by atoms with Crippen molar-refractivity contribution in [2.75, 3.05) is 6.54 Å². The van der Waals surface area contributed by atoms with Crippen LogP contribution in [0.2, 0.25) is 0 Å². The van der Waals surface area contributed by atoms with E-state index in [2.05, 4.69) is 47.5 Å². The number of hydrogen-bond donors (Lipinski definition) is 1. The van der Waals surface area contributed by atoms with E-state index in [0.29, 0.717) is 13.0 Å². The van der Waals surface area contributed by atoms with Crippen molar-refractivity contribution in [1.82, 2.24) is 5.32 Å². The van der Waals surface area contributed by atoms with Gasteiger partial charge in [0.15, 0.2) is 0 Å². The third kappa shape index (κ3) is 2.40. The maximum absolute atomic E-state index is 10.8. The second-order valence-electron chi connectivity index (χ2n) is 5.15. The van der Waals surface area contributed by atoms with E-state index in [1.54, 1.807) is 0 Å². The van der Waals surface area contributed by atoms with E-state index < -0.39 is 0 Å². The van der Waals surface area contributed by atoms with Gasteiger partial charge in [-0.1, -0.05) is 36.1 Å². The summed E-state index contributed by atoms with van der Waals surface area (Å²) >= 11 is 0. The van der Waals surface area contributed by atoms with Crippen LogP contribution in [0.1, 0.15) is 30.0 Å². The maximum Gasteiger partial charge on any atom is 0.216 e. The number of benzene rings is 2. The summed E-state index contributed by atoms with van der Waals surface area (Å²) in [5, 5.41) is 5.43. The Morgan fingerprint density at radius 2 is 2.00 bits per heavy atom. The van der Waals surface area contributed by atoms with E-state index in [1.165, 1.54) is 28.8 Å². The Morgan fingerprint density at radius 3 is 2.80 bits per heavy atom. The highest BCUT2D eigenvalue weighted by atomic mass is 16.1. The Kier molecular flexibility index (Phi) is 3.43. The SMILES string of the molecule is CC(=O)NCCC#Cc1ccc2c3c(cccc13)CC2. The standard InChI is InChI=1S/C18H17NO/c1-13(20)19-12-3-2-5-14-8-9-16-11-10-15-6-4-7-17(14)18(15)16/h4,6-9H,3,10-12H2,1H3,(H,19,20). The van der Waals surface area contributed by atoms with Gasteiger partial charge in [0, 0.05) is 25.5 Å². The average Bonchev–Trinajstić information content (AvgIpc) is 2.86. The molecule has 2 aromatic carbocycles. The van der Waals surface area contributed by atoms with Gasteiger partial charge in [0.05, 0.1) is 0 Å². The Morgan fingerprint density at radius 1 is 1.20 bits per heavy atom. The summed E-state index contributed by atoms with van der Waals surface area (Å²) in [6.07, 6.45) is 2.97. The lowest BCUT2D eigenvalue weighted by Crippen LogP contribution is -2.20. The van der Waals surface area contributed by atoms with Crippen molar-refractivity contribution >= 4 is 16.7 Å². The van der Waals surface area contributed by atoms with Crippen LogP contribution in [0.25, 0.3) is 10.8 Å². The van der Waals surface area contributed by atoms with Gasteiger partial charge in [-0.25, -0.2) is 0 Å². The molecular weight excluding hydrogens is 246 g/mol. The van der Waals surface area contributed by atoms with Gasteiger partial charge in [0.2, 0.25) is 5.91 Å². The molecule has 1 aliphatic carbocycles. The molecule has 0 unspecified atom stereocenters. The topological polar surface area (TPSA) is 29.1 Å². The van der Waals surface area contributed by atoms with Crippen LogP contribution < -0.4 is 5.32 Å². The maximum atomic E-state index is 10.8. The number of amides is 1. The highest BCUT2D eigenvalue weighted by Gasteiger charge is 2.14. The van der Waals surface area contributed by atoms with Crippen LogP contribution in [0, 0.1) is 11.8 Å². The van der Waals surface area contributed by atoms with Crippen LogP contribution in [-0.2, 0) is 17.6 Å². The Labute approximate surface area is 119 Å². The zero-order valence-corrected chi connectivity index (χ0v) is 11.6. The summed E-state index contributed by atoms with van der Waals surface area (Å²) in [5.74, 6) is 6.38. The number of hydrogen-bond acceptors (Lipinski definition) is 1. The van der Waals surface area contributed by atoms with E-state index in [0.717, 1.165) is 18.4 Å². The van der Waals surface area contributed by atoms with Crippen LogP contribution >= 0.6 is 0 Å². The Balaban J connectivity index is 1.87. The lowest BCUT2D eigenvalue weighted by atomic mass is 10.0. The Bertz CT molecular complexity index is 724. The number of carbonyl (C=O) groups is 1. The van der Waals surface area contributed by atoms with E-state index in [1.807, 2.05) is 0 Å². The normalized spacial score (nSPS) is 12.1. The molecule has 100 valence electrons. The third-order valence-electron chi connectivity index (χ3n) is 3.72. The first kappa shape index (κ1) is 12.7. The molecule has 1 amide bonds. The molecule has 1 N–H and O–H groups in total. The predicted molar refractivity (Wildman–Crippen MR) is 81.5 cm³/mol. The fraction of sp³-hybridized carbons (Fsp3) is 0.278. The smallest absolute Gasteiger partial charge is 0.216 e. The molecule has 2 heteroatoms. The molecular formula is C18H17NO. The van der Waals surface area contributed by atoms with Crippen molar-refractivity contribution in [2.24, 2.45) is 0 Å². The fourth-order valence-corrected chi connectivity index (χ4v) is 2.81. The quantitative estimate of drug-likeness (QED) is 0.655. The van der Waals surface area contributed by atoms with Crippen molar-refractivity contribution in [3.8, 4) is 11.8 Å². The van der Waals surface area contributed by atoms with E-state index >= 15 is 0 Å². The molecule has 0 saturated carbocycles. The minimum atomic E-state index is -0.00265. The molecule has 0 spiro atoms. The molecule has 2 nitrogen and oxygen atoms in total. The van der Waals surface area contributed by atoms with Gasteiger partial charge < -0.3 is 5.32 Å². The summed E-state index contributed by atoms with van der Waals surface area (Å²) < 4.78 is 0. The third-order valence-corrected chi connectivity index (χ3v) is 3.72. The predicted octanol–water partition coefficient (Wildman–Crippen LogP) is 2.82. The molecule has 0 aromatic heterocycles. The molecule has 3 rings (SSSR count).